The molecular weight excluding hydrogens is 302 g/mol. The predicted octanol–water partition coefficient (Wildman–Crippen LogP) is 2.00. The van der Waals surface area contributed by atoms with E-state index >= 15 is 0 Å². The molecule has 0 saturated heterocycles. The molecule has 1 amide bonds. The van der Waals surface area contributed by atoms with Gasteiger partial charge in [-0.15, -0.1) is 0 Å². The van der Waals surface area contributed by atoms with Crippen LogP contribution in [0.15, 0.2) is 36.7 Å². The van der Waals surface area contributed by atoms with E-state index < -0.39 is 0 Å². The van der Waals surface area contributed by atoms with Crippen molar-refractivity contribution in [3.63, 3.8) is 0 Å². The molecule has 4 heterocycles. The van der Waals surface area contributed by atoms with Crippen molar-refractivity contribution < 1.29 is 4.79 Å². The van der Waals surface area contributed by atoms with Crippen molar-refractivity contribution in [2.75, 3.05) is 13.1 Å². The topological polar surface area (TPSA) is 74.7 Å². The second kappa shape index (κ2) is 6.13. The van der Waals surface area contributed by atoms with Gasteiger partial charge in [-0.05, 0) is 43.2 Å². The van der Waals surface area contributed by atoms with E-state index in [-0.39, 0.29) is 5.91 Å². The third kappa shape index (κ3) is 2.59. The Labute approximate surface area is 140 Å². The lowest BCUT2D eigenvalue weighted by Crippen LogP contribution is -2.35. The lowest BCUT2D eigenvalue weighted by atomic mass is 10.1. The SMILES string of the molecule is CC1NCCn2c(C(=O)NCCc3c[nH]c4ncccc34)ccc21. The van der Waals surface area contributed by atoms with Gasteiger partial charge in [0.25, 0.3) is 5.91 Å². The Balaban J connectivity index is 1.42. The summed E-state index contributed by atoms with van der Waals surface area (Å²) in [5.74, 6) is -0.00619. The Morgan fingerprint density at radius 2 is 2.33 bits per heavy atom. The number of nitrogens with zero attached hydrogens (tertiary/aromatic N) is 2. The van der Waals surface area contributed by atoms with E-state index in [0.717, 1.165) is 36.2 Å². The third-order valence-corrected chi connectivity index (χ3v) is 4.69. The summed E-state index contributed by atoms with van der Waals surface area (Å²) in [6.45, 7) is 4.46. The molecule has 3 aromatic rings. The van der Waals surface area contributed by atoms with E-state index in [1.807, 2.05) is 30.5 Å². The monoisotopic (exact) mass is 323 g/mol. The maximum absolute atomic E-state index is 12.5. The van der Waals surface area contributed by atoms with Gasteiger partial charge in [0.2, 0.25) is 0 Å². The number of carbonyl (C=O) groups is 1. The lowest BCUT2D eigenvalue weighted by molar-refractivity contribution is 0.0943. The highest BCUT2D eigenvalue weighted by Crippen LogP contribution is 2.20. The molecule has 124 valence electrons. The van der Waals surface area contributed by atoms with Crippen LogP contribution in [0.3, 0.4) is 0 Å². The lowest BCUT2D eigenvalue weighted by Gasteiger charge is -2.24. The Morgan fingerprint density at radius 1 is 1.42 bits per heavy atom. The molecule has 0 aliphatic carbocycles. The average Bonchev–Trinajstić information content (AvgIpc) is 3.20. The maximum Gasteiger partial charge on any atom is 0.267 e. The molecule has 0 radical (unpaired) electrons. The molecule has 0 fully saturated rings. The van der Waals surface area contributed by atoms with Gasteiger partial charge in [-0.1, -0.05) is 0 Å². The third-order valence-electron chi connectivity index (χ3n) is 4.69. The summed E-state index contributed by atoms with van der Waals surface area (Å²) in [5.41, 5.74) is 3.99. The Hall–Kier alpha value is -2.60. The number of fused-ring (bicyclic) bond motifs is 2. The average molecular weight is 323 g/mol. The molecule has 6 nitrogen and oxygen atoms in total. The van der Waals surface area contributed by atoms with Crippen LogP contribution in [0.4, 0.5) is 0 Å². The van der Waals surface area contributed by atoms with Crippen molar-refractivity contribution in [1.82, 2.24) is 25.2 Å². The summed E-state index contributed by atoms with van der Waals surface area (Å²) < 4.78 is 2.12. The number of H-pyrrole nitrogens is 1. The van der Waals surface area contributed by atoms with Crippen LogP contribution in [0.1, 0.15) is 34.7 Å². The van der Waals surface area contributed by atoms with Gasteiger partial charge < -0.3 is 20.2 Å². The molecule has 4 rings (SSSR count). The van der Waals surface area contributed by atoms with Crippen molar-refractivity contribution in [3.8, 4) is 0 Å². The van der Waals surface area contributed by atoms with Crippen molar-refractivity contribution in [2.45, 2.75) is 25.9 Å². The van der Waals surface area contributed by atoms with E-state index in [0.29, 0.717) is 12.6 Å². The van der Waals surface area contributed by atoms with Crippen molar-refractivity contribution >= 4 is 16.9 Å². The molecule has 3 aromatic heterocycles. The minimum atomic E-state index is -0.00619. The van der Waals surface area contributed by atoms with Gasteiger partial charge in [0, 0.05) is 49.1 Å². The minimum Gasteiger partial charge on any atom is -0.350 e. The smallest absolute Gasteiger partial charge is 0.267 e. The zero-order valence-electron chi connectivity index (χ0n) is 13.7. The van der Waals surface area contributed by atoms with Crippen molar-refractivity contribution in [1.29, 1.82) is 0 Å². The molecule has 0 bridgehead atoms. The zero-order valence-corrected chi connectivity index (χ0v) is 13.7. The van der Waals surface area contributed by atoms with Crippen LogP contribution in [0.2, 0.25) is 0 Å². The van der Waals surface area contributed by atoms with E-state index in [4.69, 9.17) is 0 Å². The van der Waals surface area contributed by atoms with E-state index in [2.05, 4.69) is 32.1 Å². The molecule has 0 spiro atoms. The maximum atomic E-state index is 12.5. The van der Waals surface area contributed by atoms with Crippen molar-refractivity contribution in [2.24, 2.45) is 0 Å². The minimum absolute atomic E-state index is 0.00619. The Kier molecular flexibility index (Phi) is 3.82. The summed E-state index contributed by atoms with van der Waals surface area (Å²) in [5, 5.41) is 7.56. The number of pyridine rings is 1. The fraction of sp³-hybridized carbons (Fsp3) is 0.333. The first-order chi connectivity index (χ1) is 11.7. The first kappa shape index (κ1) is 15.0. The fourth-order valence-electron chi connectivity index (χ4n) is 3.43. The highest BCUT2D eigenvalue weighted by Gasteiger charge is 2.21. The van der Waals surface area contributed by atoms with Crippen LogP contribution in [0.5, 0.6) is 0 Å². The number of aromatic amines is 1. The number of hydrogen-bond acceptors (Lipinski definition) is 3. The van der Waals surface area contributed by atoms with E-state index in [9.17, 15) is 4.79 Å². The van der Waals surface area contributed by atoms with Crippen LogP contribution in [-0.4, -0.2) is 33.5 Å². The van der Waals surface area contributed by atoms with Crippen LogP contribution in [0.25, 0.3) is 11.0 Å². The van der Waals surface area contributed by atoms with Gasteiger partial charge in [0.15, 0.2) is 0 Å². The summed E-state index contributed by atoms with van der Waals surface area (Å²) in [6.07, 6.45) is 4.52. The second-order valence-electron chi connectivity index (χ2n) is 6.19. The van der Waals surface area contributed by atoms with Crippen LogP contribution in [-0.2, 0) is 13.0 Å². The first-order valence-corrected chi connectivity index (χ1v) is 8.36. The van der Waals surface area contributed by atoms with Crippen LogP contribution in [0, 0.1) is 0 Å². The molecule has 1 aliphatic rings. The second-order valence-corrected chi connectivity index (χ2v) is 6.19. The van der Waals surface area contributed by atoms with Gasteiger partial charge in [0.05, 0.1) is 0 Å². The number of nitrogens with one attached hydrogen (secondary N) is 3. The normalized spacial score (nSPS) is 17.0. The number of amides is 1. The van der Waals surface area contributed by atoms with Gasteiger partial charge in [-0.25, -0.2) is 4.98 Å². The Morgan fingerprint density at radius 3 is 3.25 bits per heavy atom. The van der Waals surface area contributed by atoms with E-state index in [1.54, 1.807) is 6.20 Å². The highest BCUT2D eigenvalue weighted by atomic mass is 16.1. The van der Waals surface area contributed by atoms with Gasteiger partial charge in [-0.3, -0.25) is 4.79 Å². The summed E-state index contributed by atoms with van der Waals surface area (Å²) in [7, 11) is 0. The molecule has 3 N–H and O–H groups in total. The number of aromatic nitrogens is 3. The Bertz CT molecular complexity index is 879. The van der Waals surface area contributed by atoms with Crippen LogP contribution >= 0.6 is 0 Å². The van der Waals surface area contributed by atoms with Crippen LogP contribution < -0.4 is 10.6 Å². The first-order valence-electron chi connectivity index (χ1n) is 8.36. The summed E-state index contributed by atoms with van der Waals surface area (Å²) >= 11 is 0. The molecule has 1 unspecified atom stereocenters. The molecule has 0 saturated carbocycles. The molecule has 24 heavy (non-hydrogen) atoms. The zero-order chi connectivity index (χ0) is 16.5. The largest absolute Gasteiger partial charge is 0.350 e. The van der Waals surface area contributed by atoms with Crippen molar-refractivity contribution in [3.05, 3.63) is 53.6 Å². The van der Waals surface area contributed by atoms with Gasteiger partial charge >= 0.3 is 0 Å². The molecule has 1 atom stereocenters. The number of hydrogen-bond donors (Lipinski definition) is 3. The molecule has 1 aliphatic heterocycles. The fourth-order valence-corrected chi connectivity index (χ4v) is 3.43. The van der Waals surface area contributed by atoms with E-state index in [1.165, 1.54) is 11.3 Å². The highest BCUT2D eigenvalue weighted by molar-refractivity contribution is 5.93. The summed E-state index contributed by atoms with van der Waals surface area (Å²) in [4.78, 5) is 20.0. The quantitative estimate of drug-likeness (QED) is 0.687. The molecule has 6 heteroatoms. The number of rotatable bonds is 4. The van der Waals surface area contributed by atoms with Gasteiger partial charge in [-0.2, -0.15) is 0 Å². The molecule has 0 aromatic carbocycles. The molecular formula is C18H21N5O. The number of carbonyl (C=O) groups excluding carboxylic acids is 1. The standard InChI is InChI=1S/C18H21N5O/c1-12-15-4-5-16(23(15)10-9-19-12)18(24)21-8-6-13-11-22-17-14(13)3-2-7-20-17/h2-5,7,11-12,19H,6,8-10H2,1H3,(H,20,22)(H,21,24). The van der Waals surface area contributed by atoms with Gasteiger partial charge in [0.1, 0.15) is 11.3 Å². The summed E-state index contributed by atoms with van der Waals surface area (Å²) in [6, 6.07) is 8.23. The predicted molar refractivity (Wildman–Crippen MR) is 93.0 cm³/mol.